The van der Waals surface area contributed by atoms with Crippen LogP contribution in [0.3, 0.4) is 0 Å². The molecule has 3 rings (SSSR count). The normalized spacial score (nSPS) is 12.1. The molecule has 0 saturated carbocycles. The van der Waals surface area contributed by atoms with Crippen LogP contribution >= 0.6 is 0 Å². The Hall–Kier alpha value is -3.46. The minimum absolute atomic E-state index is 0.0666. The number of nitrogens with zero attached hydrogens (tertiary/aromatic N) is 3. The Kier molecular flexibility index (Phi) is 7.18. The topological polar surface area (TPSA) is 145 Å². The largest absolute Gasteiger partial charge is 0.417 e. The van der Waals surface area contributed by atoms with Crippen LogP contribution in [0.5, 0.6) is 0 Å². The third-order valence-corrected chi connectivity index (χ3v) is 4.82. The van der Waals surface area contributed by atoms with E-state index in [0.717, 1.165) is 5.56 Å². The molecule has 0 bridgehead atoms. The van der Waals surface area contributed by atoms with Crippen LogP contribution in [0.2, 0.25) is 0 Å². The highest BCUT2D eigenvalue weighted by Gasteiger charge is 2.38. The first-order chi connectivity index (χ1) is 15.0. The van der Waals surface area contributed by atoms with Gasteiger partial charge in [-0.05, 0) is 37.3 Å². The van der Waals surface area contributed by atoms with Crippen molar-refractivity contribution < 1.29 is 39.3 Å². The van der Waals surface area contributed by atoms with Gasteiger partial charge in [0.05, 0.1) is 16.0 Å². The summed E-state index contributed by atoms with van der Waals surface area (Å²) in [6.45, 7) is 1.84. The molecule has 33 heavy (non-hydrogen) atoms. The Bertz CT molecular complexity index is 1250. The fourth-order valence-corrected chi connectivity index (χ4v) is 2.90. The van der Waals surface area contributed by atoms with Gasteiger partial charge in [0, 0.05) is 5.56 Å². The van der Waals surface area contributed by atoms with Gasteiger partial charge in [-0.1, -0.05) is 17.7 Å². The molecule has 3 aromatic rings. The molecule has 8 nitrogen and oxygen atoms in total. The number of halogens is 6. The molecule has 178 valence electrons. The van der Waals surface area contributed by atoms with E-state index >= 15 is 0 Å². The van der Waals surface area contributed by atoms with Crippen LogP contribution in [-0.4, -0.2) is 28.2 Å². The van der Waals surface area contributed by atoms with Gasteiger partial charge in [-0.2, -0.15) is 39.7 Å². The first-order valence-corrected chi connectivity index (χ1v) is 10.0. The second-order valence-electron chi connectivity index (χ2n) is 6.45. The maximum atomic E-state index is 13.0. The molecule has 0 aliphatic heterocycles. The lowest BCUT2D eigenvalue weighted by Gasteiger charge is -2.15. The maximum Gasteiger partial charge on any atom is 0.417 e. The SMILES string of the molecule is Cc1ccc(S(=O)(=O)O)cc1.Nc1nnc(-c2cc(C(F)(F)F)ccc2C(F)(F)F)c(N)n1. The molecule has 0 atom stereocenters. The fraction of sp³-hybridized carbons (Fsp3) is 0.167. The van der Waals surface area contributed by atoms with Gasteiger partial charge in [-0.3, -0.25) is 4.55 Å². The van der Waals surface area contributed by atoms with Gasteiger partial charge >= 0.3 is 12.4 Å². The van der Waals surface area contributed by atoms with Crippen molar-refractivity contribution in [3.8, 4) is 11.3 Å². The molecule has 0 fully saturated rings. The van der Waals surface area contributed by atoms with Gasteiger partial charge in [-0.15, -0.1) is 10.2 Å². The molecule has 0 amide bonds. The van der Waals surface area contributed by atoms with E-state index in [4.69, 9.17) is 16.0 Å². The number of alkyl halides is 6. The number of nitrogen functional groups attached to an aromatic ring is 2. The Morgan fingerprint density at radius 3 is 1.91 bits per heavy atom. The number of anilines is 2. The zero-order chi connectivity index (χ0) is 25.2. The first kappa shape index (κ1) is 25.8. The molecule has 1 aromatic heterocycles. The number of nitrogens with two attached hydrogens (primary N) is 2. The second-order valence-corrected chi connectivity index (χ2v) is 7.87. The number of rotatable bonds is 2. The van der Waals surface area contributed by atoms with Crippen LogP contribution in [-0.2, 0) is 22.5 Å². The second kappa shape index (κ2) is 9.19. The Labute approximate surface area is 183 Å². The van der Waals surface area contributed by atoms with Crippen molar-refractivity contribution in [1.82, 2.24) is 15.2 Å². The lowest BCUT2D eigenvalue weighted by Crippen LogP contribution is -2.13. The van der Waals surface area contributed by atoms with Gasteiger partial charge in [0.2, 0.25) is 5.95 Å². The van der Waals surface area contributed by atoms with Crippen molar-refractivity contribution in [3.05, 3.63) is 59.2 Å². The molecule has 0 aliphatic rings. The summed E-state index contributed by atoms with van der Waals surface area (Å²) in [5.74, 6) is -0.973. The van der Waals surface area contributed by atoms with Crippen LogP contribution < -0.4 is 11.5 Å². The summed E-state index contributed by atoms with van der Waals surface area (Å²) in [5.41, 5.74) is 7.37. The van der Waals surface area contributed by atoms with E-state index in [1.165, 1.54) is 12.1 Å². The molecule has 0 spiro atoms. The maximum absolute atomic E-state index is 13.0. The molecule has 0 radical (unpaired) electrons. The summed E-state index contributed by atoms with van der Waals surface area (Å²) in [4.78, 5) is 3.33. The number of hydrogen-bond acceptors (Lipinski definition) is 7. The van der Waals surface area contributed by atoms with Gasteiger partial charge in [-0.25, -0.2) is 0 Å². The van der Waals surface area contributed by atoms with E-state index in [1.54, 1.807) is 12.1 Å². The summed E-state index contributed by atoms with van der Waals surface area (Å²) < 4.78 is 107. The van der Waals surface area contributed by atoms with Crippen molar-refractivity contribution in [2.24, 2.45) is 0 Å². The molecular weight excluding hydrogens is 480 g/mol. The third kappa shape index (κ3) is 6.76. The molecule has 0 unspecified atom stereocenters. The van der Waals surface area contributed by atoms with Crippen LogP contribution in [0.1, 0.15) is 16.7 Å². The van der Waals surface area contributed by atoms with Gasteiger partial charge in [0.1, 0.15) is 5.69 Å². The van der Waals surface area contributed by atoms with Crippen molar-refractivity contribution in [2.45, 2.75) is 24.2 Å². The highest BCUT2D eigenvalue weighted by Crippen LogP contribution is 2.41. The van der Waals surface area contributed by atoms with E-state index in [-0.39, 0.29) is 4.90 Å². The van der Waals surface area contributed by atoms with E-state index in [0.29, 0.717) is 18.2 Å². The lowest BCUT2D eigenvalue weighted by atomic mass is 10.00. The van der Waals surface area contributed by atoms with Crippen molar-refractivity contribution in [1.29, 1.82) is 0 Å². The minimum Gasteiger partial charge on any atom is -0.382 e. The van der Waals surface area contributed by atoms with Crippen LogP contribution in [0.15, 0.2) is 47.4 Å². The molecule has 2 aromatic carbocycles. The van der Waals surface area contributed by atoms with E-state index < -0.39 is 56.6 Å². The van der Waals surface area contributed by atoms with Crippen LogP contribution in [0, 0.1) is 6.92 Å². The first-order valence-electron chi connectivity index (χ1n) is 8.59. The van der Waals surface area contributed by atoms with Crippen molar-refractivity contribution >= 4 is 21.9 Å². The average Bonchev–Trinajstić information content (AvgIpc) is 2.66. The van der Waals surface area contributed by atoms with Gasteiger partial charge in [0.15, 0.2) is 5.82 Å². The quantitative estimate of drug-likeness (QED) is 0.358. The summed E-state index contributed by atoms with van der Waals surface area (Å²) in [6, 6.07) is 6.90. The standard InChI is InChI=1S/C11H7F6N5.C7H8O3S/c12-10(13,14)4-1-2-6(11(15,16)17)5(3-4)7-8(18)20-9(19)22-21-7;1-6-2-4-7(5-3-6)11(8,9)10/h1-3H,(H4,18,19,20,22);2-5H,1H3,(H,8,9,10). The molecule has 1 heterocycles. The minimum atomic E-state index is -4.91. The summed E-state index contributed by atoms with van der Waals surface area (Å²) >= 11 is 0. The smallest absolute Gasteiger partial charge is 0.382 e. The Morgan fingerprint density at radius 1 is 0.879 bits per heavy atom. The van der Waals surface area contributed by atoms with E-state index in [1.807, 2.05) is 6.92 Å². The van der Waals surface area contributed by atoms with Crippen LogP contribution in [0.25, 0.3) is 11.3 Å². The zero-order valence-electron chi connectivity index (χ0n) is 16.5. The molecule has 0 aliphatic carbocycles. The molecular formula is C18H15F6N5O3S. The Morgan fingerprint density at radius 2 is 1.45 bits per heavy atom. The number of hydrogen-bond donors (Lipinski definition) is 3. The highest BCUT2D eigenvalue weighted by atomic mass is 32.2. The monoisotopic (exact) mass is 495 g/mol. The van der Waals surface area contributed by atoms with Gasteiger partial charge in [0.25, 0.3) is 10.1 Å². The van der Waals surface area contributed by atoms with Crippen LogP contribution in [0.4, 0.5) is 38.1 Å². The predicted molar refractivity (Wildman–Crippen MR) is 105 cm³/mol. The fourth-order valence-electron chi connectivity index (χ4n) is 2.42. The van der Waals surface area contributed by atoms with Crippen molar-refractivity contribution in [2.75, 3.05) is 11.5 Å². The highest BCUT2D eigenvalue weighted by molar-refractivity contribution is 7.85. The zero-order valence-corrected chi connectivity index (χ0v) is 17.3. The average molecular weight is 495 g/mol. The van der Waals surface area contributed by atoms with Crippen molar-refractivity contribution in [3.63, 3.8) is 0 Å². The number of aryl methyl sites for hydroxylation is 1. The molecule has 0 saturated heterocycles. The molecule has 5 N–H and O–H groups in total. The number of benzene rings is 2. The van der Waals surface area contributed by atoms with E-state index in [2.05, 4.69) is 15.2 Å². The Balaban J connectivity index is 0.000000294. The summed E-state index contributed by atoms with van der Waals surface area (Å²) in [7, 11) is -4.02. The number of aromatic nitrogens is 3. The predicted octanol–water partition coefficient (Wildman–Crippen LogP) is 3.98. The third-order valence-electron chi connectivity index (χ3n) is 3.96. The lowest BCUT2D eigenvalue weighted by molar-refractivity contribution is -0.141. The summed E-state index contributed by atoms with van der Waals surface area (Å²) in [6.07, 6.45) is -9.74. The summed E-state index contributed by atoms with van der Waals surface area (Å²) in [5, 5.41) is 6.53. The van der Waals surface area contributed by atoms with Gasteiger partial charge < -0.3 is 11.5 Å². The molecule has 15 heteroatoms. The van der Waals surface area contributed by atoms with E-state index in [9.17, 15) is 34.8 Å².